The van der Waals surface area contributed by atoms with E-state index in [0.717, 1.165) is 30.3 Å². The predicted octanol–water partition coefficient (Wildman–Crippen LogP) is 2.35. The summed E-state index contributed by atoms with van der Waals surface area (Å²) in [5, 5.41) is 6.61. The molecule has 96 valence electrons. The van der Waals surface area contributed by atoms with Gasteiger partial charge in [0, 0.05) is 36.6 Å². The molecule has 0 aliphatic heterocycles. The maximum Gasteiger partial charge on any atom is 0.222 e. The summed E-state index contributed by atoms with van der Waals surface area (Å²) in [7, 11) is 0. The molecule has 1 aromatic heterocycles. The van der Waals surface area contributed by atoms with Crippen molar-refractivity contribution in [3.63, 3.8) is 0 Å². The molecule has 0 amide bonds. The topological polar surface area (TPSA) is 49.8 Å². The first-order valence-corrected chi connectivity index (χ1v) is 6.28. The van der Waals surface area contributed by atoms with Gasteiger partial charge in [-0.2, -0.15) is 0 Å². The normalized spacial score (nSPS) is 11.2. The number of aromatic nitrogens is 2. The lowest BCUT2D eigenvalue weighted by Gasteiger charge is -2.12. The van der Waals surface area contributed by atoms with Gasteiger partial charge < -0.3 is 10.6 Å². The van der Waals surface area contributed by atoms with Gasteiger partial charge in [0.15, 0.2) is 0 Å². The zero-order chi connectivity index (χ0) is 12.8. The number of hydrogen-bond acceptors (Lipinski definition) is 4. The third-order valence-corrected chi connectivity index (χ3v) is 2.45. The monoisotopic (exact) mass is 236 g/mol. The van der Waals surface area contributed by atoms with Crippen molar-refractivity contribution < 1.29 is 0 Å². The minimum Gasteiger partial charge on any atom is -0.354 e. The average Bonchev–Trinajstić information content (AvgIpc) is 2.24. The molecule has 4 nitrogen and oxygen atoms in total. The van der Waals surface area contributed by atoms with Crippen molar-refractivity contribution >= 4 is 5.95 Å². The van der Waals surface area contributed by atoms with Crippen molar-refractivity contribution in [3.8, 4) is 0 Å². The highest BCUT2D eigenvalue weighted by Crippen LogP contribution is 2.07. The Balaban J connectivity index is 2.59. The van der Waals surface area contributed by atoms with Crippen LogP contribution in [0.3, 0.4) is 0 Å². The summed E-state index contributed by atoms with van der Waals surface area (Å²) in [4.78, 5) is 8.79. The van der Waals surface area contributed by atoms with Gasteiger partial charge in [-0.05, 0) is 12.8 Å². The summed E-state index contributed by atoms with van der Waals surface area (Å²) < 4.78 is 0. The molecule has 0 aliphatic rings. The van der Waals surface area contributed by atoms with Crippen LogP contribution >= 0.6 is 0 Å². The Morgan fingerprint density at radius 2 is 1.94 bits per heavy atom. The van der Waals surface area contributed by atoms with Gasteiger partial charge in [0.2, 0.25) is 5.95 Å². The van der Waals surface area contributed by atoms with Gasteiger partial charge in [-0.25, -0.2) is 9.97 Å². The lowest BCUT2D eigenvalue weighted by atomic mass is 10.2. The summed E-state index contributed by atoms with van der Waals surface area (Å²) in [6, 6.07) is 0.480. The molecule has 1 aromatic rings. The Labute approximate surface area is 104 Å². The van der Waals surface area contributed by atoms with Crippen molar-refractivity contribution in [2.24, 2.45) is 5.92 Å². The fourth-order valence-electron chi connectivity index (χ4n) is 1.36. The molecule has 4 heteroatoms. The van der Waals surface area contributed by atoms with Crippen LogP contribution in [-0.4, -0.2) is 22.6 Å². The molecule has 1 heterocycles. The molecule has 0 aromatic carbocycles. The van der Waals surface area contributed by atoms with Crippen LogP contribution in [0.4, 0.5) is 5.95 Å². The van der Waals surface area contributed by atoms with Crippen molar-refractivity contribution in [2.45, 2.75) is 47.2 Å². The van der Waals surface area contributed by atoms with Gasteiger partial charge in [0.25, 0.3) is 0 Å². The third kappa shape index (κ3) is 5.13. The van der Waals surface area contributed by atoms with Crippen molar-refractivity contribution in [3.05, 3.63) is 17.5 Å². The zero-order valence-electron chi connectivity index (χ0n) is 11.5. The number of hydrogen-bond donors (Lipinski definition) is 2. The lowest BCUT2D eigenvalue weighted by Crippen LogP contribution is -2.23. The van der Waals surface area contributed by atoms with Crippen molar-refractivity contribution in [1.29, 1.82) is 0 Å². The van der Waals surface area contributed by atoms with Crippen LogP contribution in [0.25, 0.3) is 0 Å². The average molecular weight is 236 g/mol. The number of nitrogens with zero attached hydrogens (tertiary/aromatic N) is 2. The standard InChI is InChI=1S/C13H24N4/c1-9(2)6-15-13-16-8-12(11(5)17-13)7-14-10(3)4/h8-10,14H,6-7H2,1-5H3,(H,15,16,17). The third-order valence-electron chi connectivity index (χ3n) is 2.45. The lowest BCUT2D eigenvalue weighted by molar-refractivity contribution is 0.585. The number of rotatable bonds is 6. The van der Waals surface area contributed by atoms with E-state index in [1.165, 1.54) is 0 Å². The van der Waals surface area contributed by atoms with Crippen LogP contribution in [0.15, 0.2) is 6.20 Å². The molecular weight excluding hydrogens is 212 g/mol. The van der Waals surface area contributed by atoms with E-state index in [1.54, 1.807) is 0 Å². The molecule has 0 spiro atoms. The first-order valence-electron chi connectivity index (χ1n) is 6.28. The van der Waals surface area contributed by atoms with Gasteiger partial charge in [-0.15, -0.1) is 0 Å². The number of aryl methyl sites for hydroxylation is 1. The second-order valence-electron chi connectivity index (χ2n) is 5.11. The zero-order valence-corrected chi connectivity index (χ0v) is 11.5. The highest BCUT2D eigenvalue weighted by molar-refractivity contribution is 5.29. The van der Waals surface area contributed by atoms with E-state index >= 15 is 0 Å². The van der Waals surface area contributed by atoms with E-state index in [1.807, 2.05) is 13.1 Å². The molecule has 0 aliphatic carbocycles. The maximum absolute atomic E-state index is 4.46. The van der Waals surface area contributed by atoms with Crippen LogP contribution < -0.4 is 10.6 Å². The van der Waals surface area contributed by atoms with Crippen LogP contribution in [0.5, 0.6) is 0 Å². The largest absolute Gasteiger partial charge is 0.354 e. The Kier molecular flexibility index (Phi) is 5.35. The van der Waals surface area contributed by atoms with Crippen LogP contribution in [0.2, 0.25) is 0 Å². The fraction of sp³-hybridized carbons (Fsp3) is 0.692. The Bertz CT molecular complexity index is 347. The summed E-state index contributed by atoms with van der Waals surface area (Å²) in [6.07, 6.45) is 1.90. The summed E-state index contributed by atoms with van der Waals surface area (Å²) in [5.41, 5.74) is 2.20. The predicted molar refractivity (Wildman–Crippen MR) is 72.1 cm³/mol. The van der Waals surface area contributed by atoms with Gasteiger partial charge in [0.1, 0.15) is 0 Å². The Morgan fingerprint density at radius 1 is 1.24 bits per heavy atom. The van der Waals surface area contributed by atoms with E-state index in [2.05, 4.69) is 48.3 Å². The van der Waals surface area contributed by atoms with E-state index in [4.69, 9.17) is 0 Å². The summed E-state index contributed by atoms with van der Waals surface area (Å²) in [5.74, 6) is 1.32. The Hall–Kier alpha value is -1.16. The second kappa shape index (κ2) is 6.55. The van der Waals surface area contributed by atoms with E-state index in [0.29, 0.717) is 12.0 Å². The summed E-state index contributed by atoms with van der Waals surface area (Å²) in [6.45, 7) is 12.4. The first kappa shape index (κ1) is 13.9. The van der Waals surface area contributed by atoms with E-state index < -0.39 is 0 Å². The minimum atomic E-state index is 0.480. The van der Waals surface area contributed by atoms with Gasteiger partial charge >= 0.3 is 0 Å². The number of anilines is 1. The van der Waals surface area contributed by atoms with Gasteiger partial charge in [0.05, 0.1) is 0 Å². The smallest absolute Gasteiger partial charge is 0.222 e. The minimum absolute atomic E-state index is 0.480. The number of nitrogens with one attached hydrogen (secondary N) is 2. The van der Waals surface area contributed by atoms with Crippen molar-refractivity contribution in [2.75, 3.05) is 11.9 Å². The first-order chi connectivity index (χ1) is 7.99. The van der Waals surface area contributed by atoms with Crippen LogP contribution in [0, 0.1) is 12.8 Å². The fourth-order valence-corrected chi connectivity index (χ4v) is 1.36. The van der Waals surface area contributed by atoms with Crippen LogP contribution in [0.1, 0.15) is 39.0 Å². The van der Waals surface area contributed by atoms with Crippen LogP contribution in [-0.2, 0) is 6.54 Å². The highest BCUT2D eigenvalue weighted by atomic mass is 15.1. The summed E-state index contributed by atoms with van der Waals surface area (Å²) >= 11 is 0. The molecule has 1 rings (SSSR count). The second-order valence-corrected chi connectivity index (χ2v) is 5.11. The quantitative estimate of drug-likeness (QED) is 0.796. The van der Waals surface area contributed by atoms with E-state index in [9.17, 15) is 0 Å². The molecule has 0 radical (unpaired) electrons. The van der Waals surface area contributed by atoms with Crippen molar-refractivity contribution in [1.82, 2.24) is 15.3 Å². The molecule has 0 saturated carbocycles. The van der Waals surface area contributed by atoms with E-state index in [-0.39, 0.29) is 0 Å². The molecule has 17 heavy (non-hydrogen) atoms. The van der Waals surface area contributed by atoms with Gasteiger partial charge in [-0.1, -0.05) is 27.7 Å². The molecule has 2 N–H and O–H groups in total. The Morgan fingerprint density at radius 3 is 2.47 bits per heavy atom. The highest BCUT2D eigenvalue weighted by Gasteiger charge is 2.04. The van der Waals surface area contributed by atoms with Gasteiger partial charge in [-0.3, -0.25) is 0 Å². The molecule has 0 fully saturated rings. The molecular formula is C13H24N4. The molecule has 0 saturated heterocycles. The SMILES string of the molecule is Cc1nc(NCC(C)C)ncc1CNC(C)C. The molecule has 0 unspecified atom stereocenters. The maximum atomic E-state index is 4.46. The molecule has 0 bridgehead atoms. The molecule has 0 atom stereocenters.